The van der Waals surface area contributed by atoms with E-state index in [9.17, 15) is 9.18 Å². The van der Waals surface area contributed by atoms with Gasteiger partial charge in [0.1, 0.15) is 5.82 Å². The Balaban J connectivity index is 2.17. The van der Waals surface area contributed by atoms with Crippen molar-refractivity contribution in [2.45, 2.75) is 6.04 Å². The first-order valence-electron chi connectivity index (χ1n) is 6.07. The van der Waals surface area contributed by atoms with E-state index in [2.05, 4.69) is 4.90 Å². The average molecular weight is 251 g/mol. The summed E-state index contributed by atoms with van der Waals surface area (Å²) < 4.78 is 13.1. The molecule has 1 aliphatic heterocycles. The first-order chi connectivity index (χ1) is 8.61. The normalized spacial score (nSPS) is 21.1. The van der Waals surface area contributed by atoms with Gasteiger partial charge in [0, 0.05) is 31.7 Å². The van der Waals surface area contributed by atoms with Crippen LogP contribution in [-0.4, -0.2) is 55.0 Å². The highest BCUT2D eigenvalue weighted by Gasteiger charge is 2.28. The van der Waals surface area contributed by atoms with Gasteiger partial charge >= 0.3 is 0 Å². The lowest BCUT2D eigenvalue weighted by Crippen LogP contribution is -2.56. The van der Waals surface area contributed by atoms with Gasteiger partial charge in [0.25, 0.3) is 5.91 Å². The number of nitrogens with zero attached hydrogens (tertiary/aromatic N) is 2. The molecular weight excluding hydrogens is 233 g/mol. The molecule has 0 bridgehead atoms. The Kier molecular flexibility index (Phi) is 3.93. The minimum atomic E-state index is -0.390. The molecule has 1 unspecified atom stereocenters. The molecule has 1 aromatic rings. The highest BCUT2D eigenvalue weighted by atomic mass is 19.1. The summed E-state index contributed by atoms with van der Waals surface area (Å²) in [6.07, 6.45) is 0. The van der Waals surface area contributed by atoms with Crippen LogP contribution in [0.4, 0.5) is 4.39 Å². The Morgan fingerprint density at radius 1 is 1.50 bits per heavy atom. The highest BCUT2D eigenvalue weighted by Crippen LogP contribution is 2.13. The minimum absolute atomic E-state index is 0.000447. The first-order valence-corrected chi connectivity index (χ1v) is 6.07. The van der Waals surface area contributed by atoms with Crippen LogP contribution in [0.15, 0.2) is 24.3 Å². The molecule has 1 fully saturated rings. The van der Waals surface area contributed by atoms with Crippen molar-refractivity contribution in [1.29, 1.82) is 0 Å². The van der Waals surface area contributed by atoms with Crippen molar-refractivity contribution in [3.8, 4) is 0 Å². The molecule has 0 aromatic heterocycles. The third kappa shape index (κ3) is 2.68. The van der Waals surface area contributed by atoms with Gasteiger partial charge in [0.2, 0.25) is 0 Å². The molecule has 2 rings (SSSR count). The van der Waals surface area contributed by atoms with E-state index in [1.807, 2.05) is 7.05 Å². The van der Waals surface area contributed by atoms with Crippen LogP contribution >= 0.6 is 0 Å². The minimum Gasteiger partial charge on any atom is -0.332 e. The van der Waals surface area contributed by atoms with Gasteiger partial charge in [-0.05, 0) is 25.2 Å². The fraction of sp³-hybridized carbons (Fsp3) is 0.462. The van der Waals surface area contributed by atoms with Crippen molar-refractivity contribution < 1.29 is 9.18 Å². The Morgan fingerprint density at radius 2 is 2.28 bits per heavy atom. The standard InChI is InChI=1S/C13H18FN3O/c1-16-5-6-17(12(8-15)9-16)13(18)10-3-2-4-11(14)7-10/h2-4,7,12H,5-6,8-9,15H2,1H3. The van der Waals surface area contributed by atoms with Crippen molar-refractivity contribution >= 4 is 5.91 Å². The smallest absolute Gasteiger partial charge is 0.254 e. The number of hydrogen-bond donors (Lipinski definition) is 1. The molecule has 1 aliphatic rings. The lowest BCUT2D eigenvalue weighted by atomic mass is 10.1. The fourth-order valence-corrected chi connectivity index (χ4v) is 2.27. The molecule has 1 atom stereocenters. The van der Waals surface area contributed by atoms with Crippen LogP contribution < -0.4 is 5.73 Å². The van der Waals surface area contributed by atoms with Crippen molar-refractivity contribution in [2.24, 2.45) is 5.73 Å². The molecule has 1 aromatic carbocycles. The molecule has 0 aliphatic carbocycles. The molecule has 0 saturated carbocycles. The highest BCUT2D eigenvalue weighted by molar-refractivity contribution is 5.94. The molecule has 1 heterocycles. The molecule has 2 N–H and O–H groups in total. The molecule has 5 heteroatoms. The van der Waals surface area contributed by atoms with E-state index in [0.717, 1.165) is 13.1 Å². The fourth-order valence-electron chi connectivity index (χ4n) is 2.27. The van der Waals surface area contributed by atoms with Crippen LogP contribution in [0.3, 0.4) is 0 Å². The summed E-state index contributed by atoms with van der Waals surface area (Å²) in [6, 6.07) is 5.79. The van der Waals surface area contributed by atoms with Crippen LogP contribution in [0.25, 0.3) is 0 Å². The van der Waals surface area contributed by atoms with Crippen molar-refractivity contribution in [1.82, 2.24) is 9.80 Å². The Labute approximate surface area is 106 Å². The number of hydrogen-bond acceptors (Lipinski definition) is 3. The maximum Gasteiger partial charge on any atom is 0.254 e. The number of amides is 1. The summed E-state index contributed by atoms with van der Waals surface area (Å²) in [4.78, 5) is 16.2. The van der Waals surface area contributed by atoms with Gasteiger partial charge in [-0.2, -0.15) is 0 Å². The van der Waals surface area contributed by atoms with Gasteiger partial charge in [-0.15, -0.1) is 0 Å². The summed E-state index contributed by atoms with van der Waals surface area (Å²) in [6.45, 7) is 2.63. The van der Waals surface area contributed by atoms with Crippen molar-refractivity contribution in [3.05, 3.63) is 35.6 Å². The molecule has 18 heavy (non-hydrogen) atoms. The lowest BCUT2D eigenvalue weighted by Gasteiger charge is -2.39. The van der Waals surface area contributed by atoms with Crippen molar-refractivity contribution in [3.63, 3.8) is 0 Å². The van der Waals surface area contributed by atoms with Crippen LogP contribution in [0.5, 0.6) is 0 Å². The number of nitrogens with two attached hydrogens (primary N) is 1. The number of piperazine rings is 1. The van der Waals surface area contributed by atoms with E-state index in [1.165, 1.54) is 12.1 Å². The van der Waals surface area contributed by atoms with Gasteiger partial charge in [-0.25, -0.2) is 4.39 Å². The lowest BCUT2D eigenvalue weighted by molar-refractivity contribution is 0.0515. The van der Waals surface area contributed by atoms with E-state index < -0.39 is 0 Å². The topological polar surface area (TPSA) is 49.6 Å². The third-order valence-corrected chi connectivity index (χ3v) is 3.29. The van der Waals surface area contributed by atoms with Crippen LogP contribution in [0.2, 0.25) is 0 Å². The molecular formula is C13H18FN3O. The predicted octanol–water partition coefficient (Wildman–Crippen LogP) is 0.541. The van der Waals surface area contributed by atoms with Gasteiger partial charge in [0.05, 0.1) is 6.04 Å². The average Bonchev–Trinajstić information content (AvgIpc) is 2.37. The number of halogens is 1. The van der Waals surface area contributed by atoms with Gasteiger partial charge < -0.3 is 15.5 Å². The Bertz CT molecular complexity index is 438. The maximum atomic E-state index is 13.1. The third-order valence-electron chi connectivity index (χ3n) is 3.29. The Hall–Kier alpha value is -1.46. The number of rotatable bonds is 2. The number of carbonyl (C=O) groups is 1. The zero-order valence-corrected chi connectivity index (χ0v) is 10.5. The monoisotopic (exact) mass is 251 g/mol. The van der Waals surface area contributed by atoms with Gasteiger partial charge in [-0.1, -0.05) is 6.07 Å². The van der Waals surface area contributed by atoms with E-state index in [4.69, 9.17) is 5.73 Å². The number of carbonyl (C=O) groups excluding carboxylic acids is 1. The summed E-state index contributed by atoms with van der Waals surface area (Å²) in [5, 5.41) is 0. The molecule has 0 radical (unpaired) electrons. The van der Waals surface area contributed by atoms with E-state index in [1.54, 1.807) is 17.0 Å². The van der Waals surface area contributed by atoms with Crippen LogP contribution in [0.1, 0.15) is 10.4 Å². The zero-order valence-electron chi connectivity index (χ0n) is 10.5. The first kappa shape index (κ1) is 13.0. The predicted molar refractivity (Wildman–Crippen MR) is 67.8 cm³/mol. The van der Waals surface area contributed by atoms with Gasteiger partial charge in [-0.3, -0.25) is 4.79 Å². The molecule has 1 amide bonds. The van der Waals surface area contributed by atoms with Crippen molar-refractivity contribution in [2.75, 3.05) is 33.2 Å². The van der Waals surface area contributed by atoms with E-state index in [-0.39, 0.29) is 17.8 Å². The summed E-state index contributed by atoms with van der Waals surface area (Å²) >= 11 is 0. The quantitative estimate of drug-likeness (QED) is 0.834. The zero-order chi connectivity index (χ0) is 13.1. The molecule has 0 spiro atoms. The second-order valence-corrected chi connectivity index (χ2v) is 4.66. The molecule has 98 valence electrons. The van der Waals surface area contributed by atoms with Gasteiger partial charge in [0.15, 0.2) is 0 Å². The van der Waals surface area contributed by atoms with E-state index >= 15 is 0 Å². The SMILES string of the molecule is CN1CCN(C(=O)c2cccc(F)c2)C(CN)C1. The Morgan fingerprint density at radius 3 is 2.94 bits per heavy atom. The number of benzene rings is 1. The maximum absolute atomic E-state index is 13.1. The van der Waals surface area contributed by atoms with Crippen LogP contribution in [0, 0.1) is 5.82 Å². The summed E-state index contributed by atoms with van der Waals surface area (Å²) in [7, 11) is 2.01. The number of likely N-dealkylation sites (N-methyl/N-ethyl adjacent to an activating group) is 1. The second kappa shape index (κ2) is 5.46. The largest absolute Gasteiger partial charge is 0.332 e. The summed E-state index contributed by atoms with van der Waals surface area (Å²) in [5.74, 6) is -0.530. The van der Waals surface area contributed by atoms with E-state index in [0.29, 0.717) is 18.7 Å². The molecule has 1 saturated heterocycles. The van der Waals surface area contributed by atoms with Crippen LogP contribution in [-0.2, 0) is 0 Å². The molecule has 4 nitrogen and oxygen atoms in total. The summed E-state index contributed by atoms with van der Waals surface area (Å²) in [5.41, 5.74) is 6.09. The second-order valence-electron chi connectivity index (χ2n) is 4.66.